The normalized spacial score (nSPS) is 12.4. The molecule has 2 N–H and O–H groups in total. The Hall–Kier alpha value is -1.07. The van der Waals surface area contributed by atoms with Crippen LogP contribution in [0.25, 0.3) is 0 Å². The molecule has 0 aliphatic heterocycles. The predicted molar refractivity (Wildman–Crippen MR) is 84.5 cm³/mol. The van der Waals surface area contributed by atoms with Crippen LogP contribution in [0.3, 0.4) is 0 Å². The molecule has 0 unspecified atom stereocenters. The van der Waals surface area contributed by atoms with Crippen LogP contribution in [0.1, 0.15) is 40.5 Å². The van der Waals surface area contributed by atoms with Crippen molar-refractivity contribution >= 4 is 15.7 Å². The van der Waals surface area contributed by atoms with Gasteiger partial charge in [0.25, 0.3) is 0 Å². The summed E-state index contributed by atoms with van der Waals surface area (Å²) < 4.78 is 27.6. The van der Waals surface area contributed by atoms with Gasteiger partial charge in [0, 0.05) is 13.1 Å². The summed E-state index contributed by atoms with van der Waals surface area (Å²) in [5.41, 5.74) is 0.620. The van der Waals surface area contributed by atoms with Crippen molar-refractivity contribution in [3.8, 4) is 0 Å². The van der Waals surface area contributed by atoms with E-state index in [0.717, 1.165) is 19.4 Å². The zero-order valence-electron chi connectivity index (χ0n) is 12.9. The Morgan fingerprint density at radius 2 is 1.80 bits per heavy atom. The maximum Gasteiger partial charge on any atom is 0.242 e. The minimum Gasteiger partial charge on any atom is -0.384 e. The van der Waals surface area contributed by atoms with Gasteiger partial charge in [-0.05, 0) is 30.4 Å². The molecule has 1 rings (SSSR count). The monoisotopic (exact) mass is 298 g/mol. The second-order valence-corrected chi connectivity index (χ2v) is 7.50. The van der Waals surface area contributed by atoms with Crippen molar-refractivity contribution in [2.75, 3.05) is 18.4 Å². The number of benzene rings is 1. The number of hydrogen-bond donors (Lipinski definition) is 2. The average Bonchev–Trinajstić information content (AvgIpc) is 2.43. The molecular formula is C15H26N2O2S. The summed E-state index contributed by atoms with van der Waals surface area (Å²) in [5, 5.41) is 3.16. The van der Waals surface area contributed by atoms with Crippen molar-refractivity contribution in [2.24, 2.45) is 5.41 Å². The van der Waals surface area contributed by atoms with Gasteiger partial charge in [-0.2, -0.15) is 0 Å². The molecule has 0 saturated carbocycles. The summed E-state index contributed by atoms with van der Waals surface area (Å²) >= 11 is 0. The second-order valence-electron chi connectivity index (χ2n) is 5.77. The SMILES string of the molecule is CCCNc1ccccc1S(=O)(=O)NCC(C)(C)CC. The smallest absolute Gasteiger partial charge is 0.242 e. The van der Waals surface area contributed by atoms with Crippen LogP contribution >= 0.6 is 0 Å². The van der Waals surface area contributed by atoms with Gasteiger partial charge in [-0.3, -0.25) is 0 Å². The molecule has 0 atom stereocenters. The maximum absolute atomic E-state index is 12.4. The molecule has 0 saturated heterocycles. The number of para-hydroxylation sites is 1. The Kier molecular flexibility index (Phi) is 6.02. The topological polar surface area (TPSA) is 58.2 Å². The number of hydrogen-bond acceptors (Lipinski definition) is 3. The summed E-state index contributed by atoms with van der Waals surface area (Å²) in [6.07, 6.45) is 1.87. The Balaban J connectivity index is 2.92. The van der Waals surface area contributed by atoms with Gasteiger partial charge in [-0.15, -0.1) is 0 Å². The number of sulfonamides is 1. The molecule has 0 aliphatic rings. The highest BCUT2D eigenvalue weighted by atomic mass is 32.2. The molecule has 0 amide bonds. The van der Waals surface area contributed by atoms with E-state index in [1.807, 2.05) is 13.0 Å². The molecule has 0 bridgehead atoms. The van der Waals surface area contributed by atoms with E-state index < -0.39 is 10.0 Å². The van der Waals surface area contributed by atoms with Crippen LogP contribution in [-0.4, -0.2) is 21.5 Å². The molecule has 0 radical (unpaired) electrons. The second kappa shape index (κ2) is 7.09. The van der Waals surface area contributed by atoms with Gasteiger partial charge < -0.3 is 5.32 Å². The minimum absolute atomic E-state index is 0.0428. The Bertz CT molecular complexity index is 524. The number of rotatable bonds is 8. The van der Waals surface area contributed by atoms with Gasteiger partial charge in [0.05, 0.1) is 5.69 Å². The Morgan fingerprint density at radius 3 is 2.40 bits per heavy atom. The first-order chi connectivity index (χ1) is 9.32. The fraction of sp³-hybridized carbons (Fsp3) is 0.600. The molecule has 4 nitrogen and oxygen atoms in total. The van der Waals surface area contributed by atoms with Gasteiger partial charge in [0.1, 0.15) is 4.90 Å². The molecule has 20 heavy (non-hydrogen) atoms. The van der Waals surface area contributed by atoms with Gasteiger partial charge in [-0.25, -0.2) is 13.1 Å². The van der Waals surface area contributed by atoms with Crippen LogP contribution in [0.15, 0.2) is 29.2 Å². The fourth-order valence-electron chi connectivity index (χ4n) is 1.60. The quantitative estimate of drug-likeness (QED) is 0.774. The Labute approximate surface area is 123 Å². The van der Waals surface area contributed by atoms with E-state index in [1.54, 1.807) is 18.2 Å². The van der Waals surface area contributed by atoms with E-state index in [0.29, 0.717) is 17.1 Å². The first-order valence-electron chi connectivity index (χ1n) is 7.15. The summed E-state index contributed by atoms with van der Waals surface area (Å²) in [4.78, 5) is 0.320. The van der Waals surface area contributed by atoms with Crippen molar-refractivity contribution in [3.05, 3.63) is 24.3 Å². The first-order valence-corrected chi connectivity index (χ1v) is 8.63. The summed E-state index contributed by atoms with van der Waals surface area (Å²) in [6, 6.07) is 7.03. The van der Waals surface area contributed by atoms with Crippen LogP contribution in [0, 0.1) is 5.41 Å². The van der Waals surface area contributed by atoms with Crippen molar-refractivity contribution < 1.29 is 8.42 Å². The largest absolute Gasteiger partial charge is 0.384 e. The fourth-order valence-corrected chi connectivity index (χ4v) is 3.02. The van der Waals surface area contributed by atoms with Crippen molar-refractivity contribution in [3.63, 3.8) is 0 Å². The lowest BCUT2D eigenvalue weighted by Crippen LogP contribution is -2.34. The Morgan fingerprint density at radius 1 is 1.15 bits per heavy atom. The molecule has 114 valence electrons. The van der Waals surface area contributed by atoms with Crippen molar-refractivity contribution in [1.82, 2.24) is 4.72 Å². The molecule has 0 fully saturated rings. The molecule has 0 aliphatic carbocycles. The van der Waals surface area contributed by atoms with Gasteiger partial charge in [-0.1, -0.05) is 39.8 Å². The maximum atomic E-state index is 12.4. The van der Waals surface area contributed by atoms with Crippen LogP contribution in [0.2, 0.25) is 0 Å². The van der Waals surface area contributed by atoms with E-state index in [1.165, 1.54) is 0 Å². The van der Waals surface area contributed by atoms with E-state index in [-0.39, 0.29) is 5.41 Å². The van der Waals surface area contributed by atoms with Crippen LogP contribution in [0.4, 0.5) is 5.69 Å². The van der Waals surface area contributed by atoms with E-state index >= 15 is 0 Å². The highest BCUT2D eigenvalue weighted by Gasteiger charge is 2.22. The highest BCUT2D eigenvalue weighted by molar-refractivity contribution is 7.89. The van der Waals surface area contributed by atoms with E-state index in [2.05, 4.69) is 30.8 Å². The van der Waals surface area contributed by atoms with E-state index in [4.69, 9.17) is 0 Å². The van der Waals surface area contributed by atoms with Crippen LogP contribution in [-0.2, 0) is 10.0 Å². The standard InChI is InChI=1S/C15H26N2O2S/c1-5-11-16-13-9-7-8-10-14(13)20(18,19)17-12-15(3,4)6-2/h7-10,16-17H,5-6,11-12H2,1-4H3. The molecular weight excluding hydrogens is 272 g/mol. The summed E-state index contributed by atoms with van der Waals surface area (Å²) in [6.45, 7) is 9.41. The average molecular weight is 298 g/mol. The molecule has 5 heteroatoms. The third-order valence-corrected chi connectivity index (χ3v) is 4.90. The van der Waals surface area contributed by atoms with Gasteiger partial charge in [0.15, 0.2) is 0 Å². The molecule has 0 spiro atoms. The number of anilines is 1. The van der Waals surface area contributed by atoms with Crippen molar-refractivity contribution in [2.45, 2.75) is 45.4 Å². The third-order valence-electron chi connectivity index (χ3n) is 3.44. The minimum atomic E-state index is -3.48. The lowest BCUT2D eigenvalue weighted by Gasteiger charge is -2.23. The molecule has 1 aromatic rings. The van der Waals surface area contributed by atoms with E-state index in [9.17, 15) is 8.42 Å². The third kappa shape index (κ3) is 4.80. The predicted octanol–water partition coefficient (Wildman–Crippen LogP) is 3.22. The summed E-state index contributed by atoms with van der Waals surface area (Å²) in [7, 11) is -3.48. The van der Waals surface area contributed by atoms with Crippen molar-refractivity contribution in [1.29, 1.82) is 0 Å². The number of nitrogens with one attached hydrogen (secondary N) is 2. The lowest BCUT2D eigenvalue weighted by molar-refractivity contribution is 0.350. The molecule has 1 aromatic carbocycles. The lowest BCUT2D eigenvalue weighted by atomic mass is 9.91. The molecule has 0 heterocycles. The highest BCUT2D eigenvalue weighted by Crippen LogP contribution is 2.23. The summed E-state index contributed by atoms with van der Waals surface area (Å²) in [5.74, 6) is 0. The van der Waals surface area contributed by atoms with Gasteiger partial charge >= 0.3 is 0 Å². The van der Waals surface area contributed by atoms with Crippen LogP contribution < -0.4 is 10.0 Å². The zero-order valence-corrected chi connectivity index (χ0v) is 13.7. The van der Waals surface area contributed by atoms with Gasteiger partial charge in [0.2, 0.25) is 10.0 Å². The first kappa shape index (κ1) is 17.0. The molecule has 0 aromatic heterocycles. The zero-order chi connectivity index (χ0) is 15.2. The van der Waals surface area contributed by atoms with Crippen LogP contribution in [0.5, 0.6) is 0 Å².